The summed E-state index contributed by atoms with van der Waals surface area (Å²) in [6, 6.07) is 9.79. The first-order chi connectivity index (χ1) is 7.88. The van der Waals surface area contributed by atoms with Crippen molar-refractivity contribution < 1.29 is 9.47 Å². The molecule has 3 heteroatoms. The molecule has 3 rings (SSSR count). The molecular weight excluding hydrogens is 202 g/mol. The number of hydrogen-bond acceptors (Lipinski definition) is 3. The second-order valence-electron chi connectivity index (χ2n) is 3.66. The molecule has 2 aromatic rings. The van der Waals surface area contributed by atoms with E-state index < -0.39 is 0 Å². The first kappa shape index (κ1) is 9.21. The molecule has 1 aromatic carbocycles. The van der Waals surface area contributed by atoms with E-state index in [9.17, 15) is 0 Å². The summed E-state index contributed by atoms with van der Waals surface area (Å²) in [5.74, 6) is 1.70. The molecule has 0 radical (unpaired) electrons. The molecule has 1 aliphatic heterocycles. The van der Waals surface area contributed by atoms with Gasteiger partial charge in [0.2, 0.25) is 0 Å². The minimum absolute atomic E-state index is 0.575. The summed E-state index contributed by atoms with van der Waals surface area (Å²) in [4.78, 5) is 4.35. The lowest BCUT2D eigenvalue weighted by atomic mass is 10.0. The van der Waals surface area contributed by atoms with Gasteiger partial charge < -0.3 is 9.47 Å². The monoisotopic (exact) mass is 213 g/mol. The van der Waals surface area contributed by atoms with E-state index in [1.165, 1.54) is 0 Å². The van der Waals surface area contributed by atoms with E-state index in [-0.39, 0.29) is 0 Å². The fourth-order valence-electron chi connectivity index (χ4n) is 1.91. The molecule has 0 atom stereocenters. The predicted octanol–water partition coefficient (Wildman–Crippen LogP) is 2.65. The lowest BCUT2D eigenvalue weighted by Gasteiger charge is -2.19. The fourth-order valence-corrected chi connectivity index (χ4v) is 1.91. The number of benzene rings is 1. The summed E-state index contributed by atoms with van der Waals surface area (Å²) in [6.45, 7) is 0.575. The van der Waals surface area contributed by atoms with Crippen molar-refractivity contribution in [3.63, 3.8) is 0 Å². The number of aromatic nitrogens is 1. The normalized spacial score (nSPS) is 12.3. The number of fused-ring (bicyclic) bond motifs is 3. The summed E-state index contributed by atoms with van der Waals surface area (Å²) in [5, 5.41) is 0. The Morgan fingerprint density at radius 2 is 2.25 bits per heavy atom. The zero-order chi connectivity index (χ0) is 11.0. The minimum Gasteiger partial charge on any atom is -0.497 e. The van der Waals surface area contributed by atoms with Crippen molar-refractivity contribution in [2.75, 3.05) is 7.11 Å². The Bertz CT molecular complexity index is 537. The van der Waals surface area contributed by atoms with Crippen molar-refractivity contribution in [1.82, 2.24) is 4.98 Å². The number of ether oxygens (including phenoxy) is 2. The number of hydrogen-bond donors (Lipinski definition) is 0. The van der Waals surface area contributed by atoms with Crippen LogP contribution in [-0.2, 0) is 6.61 Å². The van der Waals surface area contributed by atoms with Crippen LogP contribution in [0.1, 0.15) is 5.56 Å². The Labute approximate surface area is 93.7 Å². The summed E-state index contributed by atoms with van der Waals surface area (Å²) in [6.07, 6.45) is 1.78. The summed E-state index contributed by atoms with van der Waals surface area (Å²) in [5.41, 5.74) is 3.15. The third-order valence-corrected chi connectivity index (χ3v) is 2.72. The molecule has 3 nitrogen and oxygen atoms in total. The van der Waals surface area contributed by atoms with Crippen LogP contribution in [-0.4, -0.2) is 12.1 Å². The highest BCUT2D eigenvalue weighted by Gasteiger charge is 2.18. The molecular formula is C13H11NO2. The first-order valence-corrected chi connectivity index (χ1v) is 5.13. The Morgan fingerprint density at radius 1 is 1.31 bits per heavy atom. The van der Waals surface area contributed by atoms with E-state index in [0.29, 0.717) is 6.61 Å². The Hall–Kier alpha value is -2.03. The zero-order valence-electron chi connectivity index (χ0n) is 8.93. The van der Waals surface area contributed by atoms with E-state index in [4.69, 9.17) is 9.47 Å². The van der Waals surface area contributed by atoms with E-state index in [2.05, 4.69) is 4.98 Å². The second-order valence-corrected chi connectivity index (χ2v) is 3.66. The number of pyridine rings is 1. The highest BCUT2D eigenvalue weighted by Crippen LogP contribution is 2.36. The second kappa shape index (κ2) is 3.52. The Balaban J connectivity index is 2.18. The quantitative estimate of drug-likeness (QED) is 0.729. The van der Waals surface area contributed by atoms with Crippen LogP contribution in [0.15, 0.2) is 36.5 Å². The van der Waals surface area contributed by atoms with Gasteiger partial charge in [-0.1, -0.05) is 0 Å². The molecule has 0 spiro atoms. The molecule has 80 valence electrons. The van der Waals surface area contributed by atoms with Gasteiger partial charge in [0.15, 0.2) is 0 Å². The summed E-state index contributed by atoms with van der Waals surface area (Å²) < 4.78 is 10.8. The van der Waals surface area contributed by atoms with Gasteiger partial charge in [-0.05, 0) is 30.3 Å². The molecule has 0 aliphatic carbocycles. The van der Waals surface area contributed by atoms with Crippen LogP contribution in [0.4, 0.5) is 0 Å². The maximum atomic E-state index is 5.63. The largest absolute Gasteiger partial charge is 0.497 e. The van der Waals surface area contributed by atoms with Crippen molar-refractivity contribution in [2.45, 2.75) is 6.61 Å². The SMILES string of the molecule is COc1ccc2c(c1)COc1cccnc1-2. The highest BCUT2D eigenvalue weighted by atomic mass is 16.5. The standard InChI is InChI=1S/C13H11NO2/c1-15-10-4-5-11-9(7-10)8-16-12-3-2-6-14-13(11)12/h2-7H,8H2,1H3. The lowest BCUT2D eigenvalue weighted by molar-refractivity contribution is 0.300. The van der Waals surface area contributed by atoms with Crippen LogP contribution in [0.2, 0.25) is 0 Å². The van der Waals surface area contributed by atoms with E-state index in [1.54, 1.807) is 13.3 Å². The maximum Gasteiger partial charge on any atom is 0.146 e. The maximum absolute atomic E-state index is 5.63. The van der Waals surface area contributed by atoms with Crippen LogP contribution in [0.25, 0.3) is 11.3 Å². The van der Waals surface area contributed by atoms with Crippen LogP contribution in [0, 0.1) is 0 Å². The van der Waals surface area contributed by atoms with E-state index in [0.717, 1.165) is 28.3 Å². The molecule has 0 bridgehead atoms. The van der Waals surface area contributed by atoms with Crippen molar-refractivity contribution in [1.29, 1.82) is 0 Å². The zero-order valence-corrected chi connectivity index (χ0v) is 8.93. The smallest absolute Gasteiger partial charge is 0.146 e. The van der Waals surface area contributed by atoms with Crippen LogP contribution in [0.5, 0.6) is 11.5 Å². The molecule has 0 amide bonds. The van der Waals surface area contributed by atoms with E-state index >= 15 is 0 Å². The average Bonchev–Trinajstić information content (AvgIpc) is 2.38. The van der Waals surface area contributed by atoms with Gasteiger partial charge in [0.25, 0.3) is 0 Å². The van der Waals surface area contributed by atoms with Gasteiger partial charge in [-0.15, -0.1) is 0 Å². The highest BCUT2D eigenvalue weighted by molar-refractivity contribution is 5.72. The Morgan fingerprint density at radius 3 is 3.12 bits per heavy atom. The molecule has 16 heavy (non-hydrogen) atoms. The Kier molecular flexibility index (Phi) is 2.03. The fraction of sp³-hybridized carbons (Fsp3) is 0.154. The van der Waals surface area contributed by atoms with Gasteiger partial charge in [0, 0.05) is 17.3 Å². The number of nitrogens with zero attached hydrogens (tertiary/aromatic N) is 1. The molecule has 0 fully saturated rings. The van der Waals surface area contributed by atoms with E-state index in [1.807, 2.05) is 30.3 Å². The van der Waals surface area contributed by atoms with Gasteiger partial charge >= 0.3 is 0 Å². The van der Waals surface area contributed by atoms with Gasteiger partial charge in [0.1, 0.15) is 23.8 Å². The summed E-state index contributed by atoms with van der Waals surface area (Å²) in [7, 11) is 1.66. The van der Waals surface area contributed by atoms with Gasteiger partial charge in [-0.25, -0.2) is 0 Å². The first-order valence-electron chi connectivity index (χ1n) is 5.13. The van der Waals surface area contributed by atoms with Crippen molar-refractivity contribution in [3.05, 3.63) is 42.1 Å². The van der Waals surface area contributed by atoms with Crippen LogP contribution < -0.4 is 9.47 Å². The third-order valence-electron chi connectivity index (χ3n) is 2.72. The van der Waals surface area contributed by atoms with Gasteiger partial charge in [-0.3, -0.25) is 4.98 Å². The molecule has 0 N–H and O–H groups in total. The van der Waals surface area contributed by atoms with Crippen LogP contribution in [0.3, 0.4) is 0 Å². The van der Waals surface area contributed by atoms with Crippen LogP contribution >= 0.6 is 0 Å². The third kappa shape index (κ3) is 1.33. The predicted molar refractivity (Wildman–Crippen MR) is 60.6 cm³/mol. The van der Waals surface area contributed by atoms with Crippen molar-refractivity contribution in [3.8, 4) is 22.8 Å². The topological polar surface area (TPSA) is 31.4 Å². The summed E-state index contributed by atoms with van der Waals surface area (Å²) >= 11 is 0. The lowest BCUT2D eigenvalue weighted by Crippen LogP contribution is -2.06. The molecule has 0 saturated carbocycles. The minimum atomic E-state index is 0.575. The van der Waals surface area contributed by atoms with Crippen molar-refractivity contribution in [2.24, 2.45) is 0 Å². The van der Waals surface area contributed by atoms with Gasteiger partial charge in [-0.2, -0.15) is 0 Å². The molecule has 1 aromatic heterocycles. The number of methoxy groups -OCH3 is 1. The molecule has 0 saturated heterocycles. The molecule has 0 unspecified atom stereocenters. The average molecular weight is 213 g/mol. The van der Waals surface area contributed by atoms with Crippen molar-refractivity contribution >= 4 is 0 Å². The molecule has 2 heterocycles. The van der Waals surface area contributed by atoms with Gasteiger partial charge in [0.05, 0.1) is 7.11 Å². The number of rotatable bonds is 1. The molecule has 1 aliphatic rings.